The Morgan fingerprint density at radius 1 is 1.14 bits per heavy atom. The Hall–Kier alpha value is -2.22. The van der Waals surface area contributed by atoms with E-state index in [1.54, 1.807) is 16.9 Å². The van der Waals surface area contributed by atoms with Gasteiger partial charge in [0, 0.05) is 39.0 Å². The predicted octanol–water partition coefficient (Wildman–Crippen LogP) is 1.69. The SMILES string of the molecule is COc1ccc(CCC(=O)N2CCCN(C(=O)C3CC(F)(F)CN3)CC2)cc1. The number of ether oxygens (including phenoxy) is 1. The van der Waals surface area contributed by atoms with E-state index in [2.05, 4.69) is 5.32 Å². The third-order valence-corrected chi connectivity index (χ3v) is 5.35. The number of nitrogens with zero attached hydrogens (tertiary/aromatic N) is 2. The summed E-state index contributed by atoms with van der Waals surface area (Å²) < 4.78 is 31.8. The van der Waals surface area contributed by atoms with E-state index >= 15 is 0 Å². The average molecular weight is 395 g/mol. The van der Waals surface area contributed by atoms with Gasteiger partial charge in [-0.1, -0.05) is 12.1 Å². The van der Waals surface area contributed by atoms with E-state index in [4.69, 9.17) is 4.74 Å². The minimum absolute atomic E-state index is 0.0515. The largest absolute Gasteiger partial charge is 0.497 e. The molecule has 2 aliphatic heterocycles. The van der Waals surface area contributed by atoms with E-state index in [0.29, 0.717) is 45.4 Å². The van der Waals surface area contributed by atoms with Crippen molar-refractivity contribution in [2.45, 2.75) is 37.6 Å². The number of carbonyl (C=O) groups excluding carboxylic acids is 2. The van der Waals surface area contributed by atoms with Crippen molar-refractivity contribution in [2.24, 2.45) is 0 Å². The summed E-state index contributed by atoms with van der Waals surface area (Å²) in [5, 5.41) is 2.61. The molecule has 1 N–H and O–H groups in total. The highest BCUT2D eigenvalue weighted by Gasteiger charge is 2.43. The van der Waals surface area contributed by atoms with Crippen LogP contribution in [0.4, 0.5) is 8.78 Å². The van der Waals surface area contributed by atoms with E-state index in [9.17, 15) is 18.4 Å². The Labute approximate surface area is 163 Å². The molecule has 2 amide bonds. The van der Waals surface area contributed by atoms with Gasteiger partial charge in [-0.25, -0.2) is 8.78 Å². The quantitative estimate of drug-likeness (QED) is 0.824. The lowest BCUT2D eigenvalue weighted by atomic mass is 10.1. The second-order valence-corrected chi connectivity index (χ2v) is 7.40. The number of hydrogen-bond acceptors (Lipinski definition) is 4. The van der Waals surface area contributed by atoms with Crippen molar-refractivity contribution in [3.63, 3.8) is 0 Å². The van der Waals surface area contributed by atoms with Crippen molar-refractivity contribution in [3.8, 4) is 5.75 Å². The fourth-order valence-corrected chi connectivity index (χ4v) is 3.70. The van der Waals surface area contributed by atoms with Crippen LogP contribution in [0.1, 0.15) is 24.8 Å². The maximum atomic E-state index is 13.3. The molecule has 0 bridgehead atoms. The average Bonchev–Trinajstić information content (AvgIpc) is 2.90. The summed E-state index contributed by atoms with van der Waals surface area (Å²) >= 11 is 0. The standard InChI is InChI=1S/C20H27F2N3O3/c1-28-16-6-3-15(4-7-16)5-8-18(26)24-9-2-10-25(12-11-24)19(27)17-13-20(21,22)14-23-17/h3-4,6-7,17,23H,2,5,8-14H2,1H3. The lowest BCUT2D eigenvalue weighted by molar-refractivity contribution is -0.135. The summed E-state index contributed by atoms with van der Waals surface area (Å²) in [6.07, 6.45) is 1.25. The number of nitrogens with one attached hydrogen (secondary N) is 1. The molecule has 8 heteroatoms. The van der Waals surface area contributed by atoms with Crippen LogP contribution in [0.15, 0.2) is 24.3 Å². The lowest BCUT2D eigenvalue weighted by Gasteiger charge is -2.24. The molecule has 0 radical (unpaired) electrons. The second kappa shape index (κ2) is 8.86. The number of halogens is 2. The summed E-state index contributed by atoms with van der Waals surface area (Å²) in [5.74, 6) is -2.28. The zero-order valence-electron chi connectivity index (χ0n) is 16.1. The van der Waals surface area contributed by atoms with Crippen LogP contribution in [-0.4, -0.2) is 73.4 Å². The van der Waals surface area contributed by atoms with Gasteiger partial charge in [-0.05, 0) is 30.5 Å². The van der Waals surface area contributed by atoms with Crippen LogP contribution in [0.2, 0.25) is 0 Å². The fourth-order valence-electron chi connectivity index (χ4n) is 3.70. The normalized spacial score (nSPS) is 22.0. The van der Waals surface area contributed by atoms with Gasteiger partial charge in [0.1, 0.15) is 5.75 Å². The molecule has 2 aliphatic rings. The summed E-state index contributed by atoms with van der Waals surface area (Å²) in [4.78, 5) is 28.4. The van der Waals surface area contributed by atoms with Gasteiger partial charge in [-0.3, -0.25) is 14.9 Å². The van der Waals surface area contributed by atoms with E-state index in [-0.39, 0.29) is 11.8 Å². The first kappa shape index (κ1) is 20.5. The first-order chi connectivity index (χ1) is 13.4. The molecular weight excluding hydrogens is 368 g/mol. The molecule has 1 aromatic carbocycles. The first-order valence-electron chi connectivity index (χ1n) is 9.69. The van der Waals surface area contributed by atoms with Crippen molar-refractivity contribution in [1.29, 1.82) is 0 Å². The van der Waals surface area contributed by atoms with E-state index in [1.165, 1.54) is 0 Å². The minimum atomic E-state index is -2.82. The molecule has 28 heavy (non-hydrogen) atoms. The molecular formula is C20H27F2N3O3. The zero-order chi connectivity index (χ0) is 20.1. The topological polar surface area (TPSA) is 61.9 Å². The van der Waals surface area contributed by atoms with Crippen LogP contribution >= 0.6 is 0 Å². The summed E-state index contributed by atoms with van der Waals surface area (Å²) in [5.41, 5.74) is 1.06. The molecule has 1 atom stereocenters. The molecule has 2 heterocycles. The smallest absolute Gasteiger partial charge is 0.262 e. The van der Waals surface area contributed by atoms with Gasteiger partial charge < -0.3 is 14.5 Å². The van der Waals surface area contributed by atoms with Crippen molar-refractivity contribution in [2.75, 3.05) is 39.8 Å². The second-order valence-electron chi connectivity index (χ2n) is 7.40. The van der Waals surface area contributed by atoms with Crippen molar-refractivity contribution in [1.82, 2.24) is 15.1 Å². The Balaban J connectivity index is 1.47. The molecule has 0 spiro atoms. The number of amides is 2. The molecule has 0 saturated carbocycles. The van der Waals surface area contributed by atoms with Crippen LogP contribution < -0.4 is 10.1 Å². The van der Waals surface area contributed by atoms with Crippen LogP contribution in [0.25, 0.3) is 0 Å². The van der Waals surface area contributed by atoms with Gasteiger partial charge in [-0.15, -0.1) is 0 Å². The van der Waals surface area contributed by atoms with E-state index in [1.807, 2.05) is 24.3 Å². The highest BCUT2D eigenvalue weighted by atomic mass is 19.3. The Bertz CT molecular complexity index is 696. The van der Waals surface area contributed by atoms with Gasteiger partial charge >= 0.3 is 0 Å². The highest BCUT2D eigenvalue weighted by Crippen LogP contribution is 2.26. The van der Waals surface area contributed by atoms with Gasteiger partial charge in [0.25, 0.3) is 5.92 Å². The fraction of sp³-hybridized carbons (Fsp3) is 0.600. The number of hydrogen-bond donors (Lipinski definition) is 1. The zero-order valence-corrected chi connectivity index (χ0v) is 16.1. The Kier molecular flexibility index (Phi) is 6.49. The van der Waals surface area contributed by atoms with Crippen molar-refractivity contribution >= 4 is 11.8 Å². The van der Waals surface area contributed by atoms with Crippen LogP contribution in [0, 0.1) is 0 Å². The first-order valence-corrected chi connectivity index (χ1v) is 9.69. The third-order valence-electron chi connectivity index (χ3n) is 5.35. The highest BCUT2D eigenvalue weighted by molar-refractivity contribution is 5.82. The Morgan fingerprint density at radius 2 is 1.82 bits per heavy atom. The summed E-state index contributed by atoms with van der Waals surface area (Å²) in [7, 11) is 1.61. The molecule has 2 saturated heterocycles. The van der Waals surface area contributed by atoms with Gasteiger partial charge in [0.15, 0.2) is 0 Å². The molecule has 6 nitrogen and oxygen atoms in total. The van der Waals surface area contributed by atoms with Crippen molar-refractivity contribution < 1.29 is 23.1 Å². The minimum Gasteiger partial charge on any atom is -0.497 e. The van der Waals surface area contributed by atoms with Crippen LogP contribution in [0.5, 0.6) is 5.75 Å². The molecule has 3 rings (SSSR count). The lowest BCUT2D eigenvalue weighted by Crippen LogP contribution is -2.45. The molecule has 2 fully saturated rings. The maximum Gasteiger partial charge on any atom is 0.262 e. The monoisotopic (exact) mass is 395 g/mol. The van der Waals surface area contributed by atoms with Gasteiger partial charge in [0.2, 0.25) is 11.8 Å². The third kappa shape index (κ3) is 5.19. The number of aryl methyl sites for hydroxylation is 1. The molecule has 154 valence electrons. The molecule has 0 aromatic heterocycles. The van der Waals surface area contributed by atoms with Crippen LogP contribution in [-0.2, 0) is 16.0 Å². The number of rotatable bonds is 5. The summed E-state index contributed by atoms with van der Waals surface area (Å²) in [6, 6.07) is 6.80. The Morgan fingerprint density at radius 3 is 2.46 bits per heavy atom. The number of benzene rings is 1. The molecule has 1 aromatic rings. The molecule has 1 unspecified atom stereocenters. The summed E-state index contributed by atoms with van der Waals surface area (Å²) in [6.45, 7) is 1.45. The van der Waals surface area contributed by atoms with Gasteiger partial charge in [0.05, 0.1) is 19.7 Å². The van der Waals surface area contributed by atoms with Crippen molar-refractivity contribution in [3.05, 3.63) is 29.8 Å². The van der Waals surface area contributed by atoms with Gasteiger partial charge in [-0.2, -0.15) is 0 Å². The maximum absolute atomic E-state index is 13.3. The number of carbonyl (C=O) groups is 2. The van der Waals surface area contributed by atoms with Crippen LogP contribution in [0.3, 0.4) is 0 Å². The predicted molar refractivity (Wildman–Crippen MR) is 100 cm³/mol. The molecule has 0 aliphatic carbocycles. The van der Waals surface area contributed by atoms with E-state index < -0.39 is 24.9 Å². The number of methoxy groups -OCH3 is 1. The van der Waals surface area contributed by atoms with E-state index in [0.717, 1.165) is 11.3 Å². The number of alkyl halides is 2.